The van der Waals surface area contributed by atoms with Crippen molar-refractivity contribution in [2.75, 3.05) is 13.2 Å². The van der Waals surface area contributed by atoms with Gasteiger partial charge in [0, 0.05) is 36.5 Å². The van der Waals surface area contributed by atoms with Crippen LogP contribution in [0.25, 0.3) is 22.5 Å². The average molecular weight is 498 g/mol. The third-order valence-corrected chi connectivity index (χ3v) is 6.81. The maximum Gasteiger partial charge on any atom is 0.578 e. The van der Waals surface area contributed by atoms with Crippen molar-refractivity contribution < 1.29 is 18.8 Å². The Morgan fingerprint density at radius 3 is 1.51 bits per heavy atom. The number of nitrogens with zero attached hydrogens (tertiary/aromatic N) is 4. The Labute approximate surface area is 217 Å². The van der Waals surface area contributed by atoms with E-state index in [0.29, 0.717) is 11.8 Å². The molecule has 2 saturated heterocycles. The molecule has 2 atom stereocenters. The van der Waals surface area contributed by atoms with Crippen LogP contribution in [0.5, 0.6) is 11.8 Å². The molecule has 9 heteroatoms. The maximum absolute atomic E-state index is 6.17. The summed E-state index contributed by atoms with van der Waals surface area (Å²) in [7, 11) is 0.0132. The number of hydrogen-bond acceptors (Lipinski definition) is 6. The lowest BCUT2D eigenvalue weighted by Crippen LogP contribution is -2.23. The highest BCUT2D eigenvalue weighted by atomic mass is 16.6. The summed E-state index contributed by atoms with van der Waals surface area (Å²) in [6.07, 6.45) is 5.85. The van der Waals surface area contributed by atoms with Crippen LogP contribution in [0.4, 0.5) is 0 Å². The Morgan fingerprint density at radius 1 is 0.649 bits per heavy atom. The topological polar surface area (TPSA) is 72.6 Å². The molecule has 2 aromatic carbocycles. The first-order valence-electron chi connectivity index (χ1n) is 13.1. The predicted octanol–water partition coefficient (Wildman–Crippen LogP) is 5.54. The zero-order chi connectivity index (χ0) is 24.9. The highest BCUT2D eigenvalue weighted by Crippen LogP contribution is 2.32. The summed E-state index contributed by atoms with van der Waals surface area (Å²) in [4.78, 5) is 0. The summed E-state index contributed by atoms with van der Waals surface area (Å²) < 4.78 is 28.1. The van der Waals surface area contributed by atoms with Crippen LogP contribution in [0.15, 0.2) is 72.8 Å². The van der Waals surface area contributed by atoms with E-state index in [1.165, 1.54) is 0 Å². The van der Waals surface area contributed by atoms with Crippen LogP contribution in [0, 0.1) is 0 Å². The molecule has 4 heterocycles. The van der Waals surface area contributed by atoms with Crippen LogP contribution in [0.1, 0.15) is 51.0 Å². The van der Waals surface area contributed by atoms with Crippen LogP contribution >= 0.6 is 0 Å². The lowest BCUT2D eigenvalue weighted by molar-refractivity contribution is -0.0428. The average Bonchev–Trinajstić information content (AvgIpc) is 3.60. The Morgan fingerprint density at radius 2 is 1.11 bits per heavy atom. The molecule has 6 rings (SSSR count). The van der Waals surface area contributed by atoms with Gasteiger partial charge < -0.3 is 18.8 Å². The predicted molar refractivity (Wildman–Crippen MR) is 141 cm³/mol. The molecule has 8 nitrogen and oxygen atoms in total. The van der Waals surface area contributed by atoms with Crippen LogP contribution in [-0.4, -0.2) is 40.5 Å². The lowest BCUT2D eigenvalue weighted by Gasteiger charge is -2.25. The highest BCUT2D eigenvalue weighted by Gasteiger charge is 2.25. The van der Waals surface area contributed by atoms with E-state index in [9.17, 15) is 0 Å². The van der Waals surface area contributed by atoms with Crippen LogP contribution in [0.3, 0.4) is 0 Å². The van der Waals surface area contributed by atoms with Gasteiger partial charge in [0.25, 0.3) is 0 Å². The summed E-state index contributed by atoms with van der Waals surface area (Å²) in [6.45, 7) is 1.45. The van der Waals surface area contributed by atoms with Crippen molar-refractivity contribution in [1.29, 1.82) is 0 Å². The van der Waals surface area contributed by atoms with E-state index in [-0.39, 0.29) is 20.1 Å². The Bertz CT molecular complexity index is 1180. The smallest absolute Gasteiger partial charge is 0.515 e. The van der Waals surface area contributed by atoms with Gasteiger partial charge in [0.2, 0.25) is 0 Å². The van der Waals surface area contributed by atoms with E-state index >= 15 is 0 Å². The standard InChI is InChI=1S/C28H31BN4O4/c1-3-11-21(12-4-1)23-19-27(32(30-23)25-15-7-9-17-34-25)36-29-37-28-20-24(22-13-5-2-6-14-22)31-33(28)26-16-8-10-18-35-26/h1-6,11-14,19-20,25-26,29H,7-10,15-18H2. The van der Waals surface area contributed by atoms with E-state index in [4.69, 9.17) is 29.0 Å². The van der Waals surface area contributed by atoms with Crippen molar-refractivity contribution >= 4 is 7.69 Å². The molecule has 0 radical (unpaired) electrons. The molecule has 2 aromatic heterocycles. The van der Waals surface area contributed by atoms with Crippen LogP contribution in [-0.2, 0) is 9.47 Å². The van der Waals surface area contributed by atoms with Gasteiger partial charge in [-0.2, -0.15) is 10.2 Å². The van der Waals surface area contributed by atoms with E-state index < -0.39 is 0 Å². The van der Waals surface area contributed by atoms with Gasteiger partial charge in [0.1, 0.15) is 0 Å². The summed E-state index contributed by atoms with van der Waals surface area (Å²) in [5, 5.41) is 9.68. The molecule has 4 aromatic rings. The monoisotopic (exact) mass is 498 g/mol. The fourth-order valence-electron chi connectivity index (χ4n) is 4.87. The summed E-state index contributed by atoms with van der Waals surface area (Å²) in [5.41, 5.74) is 3.75. The fraction of sp³-hybridized carbons (Fsp3) is 0.357. The second kappa shape index (κ2) is 11.2. The van der Waals surface area contributed by atoms with E-state index in [1.54, 1.807) is 0 Å². The Hall–Kier alpha value is -3.56. The third kappa shape index (κ3) is 5.43. The van der Waals surface area contributed by atoms with Gasteiger partial charge in [-0.1, -0.05) is 60.7 Å². The van der Waals surface area contributed by atoms with Crippen molar-refractivity contribution in [1.82, 2.24) is 19.6 Å². The van der Waals surface area contributed by atoms with Gasteiger partial charge >= 0.3 is 7.69 Å². The summed E-state index contributed by atoms with van der Waals surface area (Å²) in [6, 6.07) is 24.1. The van der Waals surface area contributed by atoms with Gasteiger partial charge in [-0.05, 0) is 38.5 Å². The molecule has 2 aliphatic heterocycles. The van der Waals surface area contributed by atoms with Crippen molar-refractivity contribution in [3.05, 3.63) is 72.8 Å². The molecular formula is C28H31BN4O4. The van der Waals surface area contributed by atoms with Crippen LogP contribution < -0.4 is 9.31 Å². The number of rotatable bonds is 8. The molecule has 0 N–H and O–H groups in total. The SMILES string of the molecule is B(Oc1cc(-c2ccccc2)nn1C1CCCCO1)Oc1cc(-c2ccccc2)nn1C1CCCCO1. The summed E-state index contributed by atoms with van der Waals surface area (Å²) in [5.74, 6) is 1.24. The fourth-order valence-corrected chi connectivity index (χ4v) is 4.87. The Balaban J connectivity index is 1.23. The quantitative estimate of drug-likeness (QED) is 0.297. The van der Waals surface area contributed by atoms with Gasteiger partial charge in [0.15, 0.2) is 24.2 Å². The molecule has 0 aliphatic carbocycles. The number of aromatic nitrogens is 4. The molecule has 0 bridgehead atoms. The molecule has 2 fully saturated rings. The molecular weight excluding hydrogens is 467 g/mol. The van der Waals surface area contributed by atoms with Gasteiger partial charge in [-0.25, -0.2) is 9.36 Å². The van der Waals surface area contributed by atoms with Crippen LogP contribution in [0.2, 0.25) is 0 Å². The maximum atomic E-state index is 6.17. The molecule has 2 unspecified atom stereocenters. The second-order valence-corrected chi connectivity index (χ2v) is 9.41. The first-order valence-corrected chi connectivity index (χ1v) is 13.1. The van der Waals surface area contributed by atoms with Gasteiger partial charge in [0.05, 0.1) is 11.4 Å². The Kier molecular flexibility index (Phi) is 7.23. The van der Waals surface area contributed by atoms with E-state index in [0.717, 1.165) is 74.3 Å². The normalized spacial score (nSPS) is 19.9. The largest absolute Gasteiger partial charge is 0.578 e. The first-order chi connectivity index (χ1) is 18.3. The van der Waals surface area contributed by atoms with E-state index in [1.807, 2.05) is 82.2 Å². The number of ether oxygens (including phenoxy) is 2. The molecule has 0 saturated carbocycles. The third-order valence-electron chi connectivity index (χ3n) is 6.81. The van der Waals surface area contributed by atoms with E-state index in [2.05, 4.69) is 0 Å². The second-order valence-electron chi connectivity index (χ2n) is 9.41. The van der Waals surface area contributed by atoms with Crippen molar-refractivity contribution in [3.63, 3.8) is 0 Å². The molecule has 190 valence electrons. The molecule has 0 spiro atoms. The van der Waals surface area contributed by atoms with Crippen molar-refractivity contribution in [3.8, 4) is 34.3 Å². The van der Waals surface area contributed by atoms with Gasteiger partial charge in [-0.15, -0.1) is 0 Å². The first kappa shape index (κ1) is 23.8. The minimum absolute atomic E-state index is 0.0132. The zero-order valence-electron chi connectivity index (χ0n) is 20.9. The number of hydrogen-bond donors (Lipinski definition) is 0. The molecule has 2 aliphatic rings. The molecule has 37 heavy (non-hydrogen) atoms. The molecule has 0 amide bonds. The highest BCUT2D eigenvalue weighted by molar-refractivity contribution is 6.20. The number of benzene rings is 2. The minimum Gasteiger partial charge on any atom is -0.515 e. The zero-order valence-corrected chi connectivity index (χ0v) is 20.9. The lowest BCUT2D eigenvalue weighted by atomic mass is 10.1. The van der Waals surface area contributed by atoms with Crippen molar-refractivity contribution in [2.24, 2.45) is 0 Å². The summed E-state index contributed by atoms with van der Waals surface area (Å²) >= 11 is 0. The van der Waals surface area contributed by atoms with Crippen molar-refractivity contribution in [2.45, 2.75) is 51.0 Å². The van der Waals surface area contributed by atoms with Gasteiger partial charge in [-0.3, -0.25) is 0 Å². The minimum atomic E-state index is -0.146.